The Morgan fingerprint density at radius 2 is 1.85 bits per heavy atom. The van der Waals surface area contributed by atoms with Gasteiger partial charge in [0.2, 0.25) is 0 Å². The predicted octanol–water partition coefficient (Wildman–Crippen LogP) is 6.06. The van der Waals surface area contributed by atoms with Crippen LogP contribution in [0.3, 0.4) is 0 Å². The van der Waals surface area contributed by atoms with E-state index in [2.05, 4.69) is 24.5 Å². The minimum atomic E-state index is -0.397. The molecule has 0 radical (unpaired) electrons. The molecule has 0 saturated carbocycles. The molecule has 0 spiro atoms. The maximum absolute atomic E-state index is 13.3. The van der Waals surface area contributed by atoms with Gasteiger partial charge in [-0.25, -0.2) is 4.39 Å². The molecular formula is C26H28ClFN2O3. The first kappa shape index (κ1) is 24.4. The van der Waals surface area contributed by atoms with Crippen LogP contribution in [0.5, 0.6) is 11.5 Å². The van der Waals surface area contributed by atoms with E-state index < -0.39 is 5.82 Å². The van der Waals surface area contributed by atoms with Crippen molar-refractivity contribution in [1.82, 2.24) is 5.32 Å². The van der Waals surface area contributed by atoms with Crippen molar-refractivity contribution >= 4 is 23.2 Å². The van der Waals surface area contributed by atoms with E-state index in [0.29, 0.717) is 46.7 Å². The van der Waals surface area contributed by atoms with Crippen molar-refractivity contribution in [2.75, 3.05) is 19.0 Å². The minimum Gasteiger partial charge on any atom is -0.493 e. The van der Waals surface area contributed by atoms with Crippen LogP contribution in [-0.4, -0.2) is 19.6 Å². The average Bonchev–Trinajstić information content (AvgIpc) is 2.81. The highest BCUT2D eigenvalue weighted by atomic mass is 35.5. The van der Waals surface area contributed by atoms with E-state index in [1.165, 1.54) is 12.1 Å². The van der Waals surface area contributed by atoms with Crippen molar-refractivity contribution in [2.24, 2.45) is 5.92 Å². The monoisotopic (exact) mass is 470 g/mol. The second-order valence-electron chi connectivity index (χ2n) is 8.01. The Morgan fingerprint density at radius 1 is 1.06 bits per heavy atom. The third-order valence-electron chi connectivity index (χ3n) is 4.95. The topological polar surface area (TPSA) is 59.6 Å². The molecule has 3 rings (SSSR count). The summed E-state index contributed by atoms with van der Waals surface area (Å²) in [6.07, 6.45) is 0. The van der Waals surface area contributed by atoms with Crippen molar-refractivity contribution < 1.29 is 18.7 Å². The number of amides is 1. The number of para-hydroxylation sites is 1. The zero-order valence-electron chi connectivity index (χ0n) is 19.0. The second-order valence-corrected chi connectivity index (χ2v) is 8.42. The van der Waals surface area contributed by atoms with Crippen LogP contribution in [0, 0.1) is 11.7 Å². The molecule has 1 amide bonds. The highest BCUT2D eigenvalue weighted by Crippen LogP contribution is 2.33. The lowest BCUT2D eigenvalue weighted by Gasteiger charge is -2.17. The number of benzene rings is 3. The van der Waals surface area contributed by atoms with Crippen molar-refractivity contribution in [3.8, 4) is 11.5 Å². The number of halogens is 2. The Bertz CT molecular complexity index is 1100. The summed E-state index contributed by atoms with van der Waals surface area (Å²) in [6.45, 7) is 5.34. The molecule has 2 N–H and O–H groups in total. The van der Waals surface area contributed by atoms with Gasteiger partial charge >= 0.3 is 0 Å². The molecule has 0 aromatic heterocycles. The van der Waals surface area contributed by atoms with Gasteiger partial charge in [0.25, 0.3) is 5.91 Å². The normalized spacial score (nSPS) is 10.7. The molecule has 0 heterocycles. The number of carbonyl (C=O) groups is 1. The summed E-state index contributed by atoms with van der Waals surface area (Å²) in [6, 6.07) is 17.2. The largest absolute Gasteiger partial charge is 0.493 e. The fraction of sp³-hybridized carbons (Fsp3) is 0.269. The van der Waals surface area contributed by atoms with Gasteiger partial charge in [-0.2, -0.15) is 0 Å². The fourth-order valence-corrected chi connectivity index (χ4v) is 3.40. The number of ether oxygens (including phenoxy) is 2. The first-order valence-electron chi connectivity index (χ1n) is 10.7. The van der Waals surface area contributed by atoms with E-state index in [9.17, 15) is 9.18 Å². The molecule has 0 fully saturated rings. The molecule has 33 heavy (non-hydrogen) atoms. The molecule has 5 nitrogen and oxygen atoms in total. The molecule has 0 atom stereocenters. The summed E-state index contributed by atoms with van der Waals surface area (Å²) >= 11 is 6.13. The van der Waals surface area contributed by atoms with Crippen LogP contribution in [0.1, 0.15) is 35.3 Å². The van der Waals surface area contributed by atoms with E-state index in [1.807, 2.05) is 36.4 Å². The van der Waals surface area contributed by atoms with Crippen LogP contribution in [-0.2, 0) is 13.2 Å². The number of carbonyl (C=O) groups excluding carboxylic acids is 1. The van der Waals surface area contributed by atoms with Crippen LogP contribution in [0.25, 0.3) is 0 Å². The quantitative estimate of drug-likeness (QED) is 0.378. The van der Waals surface area contributed by atoms with Crippen LogP contribution in [0.4, 0.5) is 10.1 Å². The van der Waals surface area contributed by atoms with Gasteiger partial charge in [-0.3, -0.25) is 4.79 Å². The summed E-state index contributed by atoms with van der Waals surface area (Å²) in [4.78, 5) is 12.4. The van der Waals surface area contributed by atoms with Gasteiger partial charge in [-0.1, -0.05) is 49.7 Å². The first-order chi connectivity index (χ1) is 15.9. The zero-order chi connectivity index (χ0) is 23.8. The average molecular weight is 471 g/mol. The number of hydrogen-bond donors (Lipinski definition) is 2. The Balaban J connectivity index is 1.72. The van der Waals surface area contributed by atoms with Gasteiger partial charge in [0.05, 0.1) is 12.1 Å². The standard InChI is InChI=1S/C26H28ClFN2O3/c1-17(2)14-30-26(31)18-6-4-8-22(12-18)29-15-19-7-5-9-24(32-3)25(19)33-16-20-10-11-21(28)13-23(20)27/h4-13,17,29H,14-16H2,1-3H3,(H,30,31). The Labute approximate surface area is 198 Å². The van der Waals surface area contributed by atoms with Gasteiger partial charge in [-0.15, -0.1) is 0 Å². The van der Waals surface area contributed by atoms with Gasteiger partial charge in [0.15, 0.2) is 11.5 Å². The van der Waals surface area contributed by atoms with Crippen molar-refractivity contribution in [3.63, 3.8) is 0 Å². The minimum absolute atomic E-state index is 0.103. The zero-order valence-corrected chi connectivity index (χ0v) is 19.7. The molecule has 0 aliphatic heterocycles. The smallest absolute Gasteiger partial charge is 0.251 e. The van der Waals surface area contributed by atoms with Crippen LogP contribution in [0.2, 0.25) is 5.02 Å². The summed E-state index contributed by atoms with van der Waals surface area (Å²) in [5.74, 6) is 1.03. The lowest BCUT2D eigenvalue weighted by molar-refractivity contribution is 0.0949. The summed E-state index contributed by atoms with van der Waals surface area (Å²) in [5.41, 5.74) is 2.93. The number of rotatable bonds is 10. The SMILES string of the molecule is COc1cccc(CNc2cccc(C(=O)NCC(C)C)c2)c1OCc1ccc(F)cc1Cl. The molecular weight excluding hydrogens is 443 g/mol. The van der Waals surface area contributed by atoms with Gasteiger partial charge in [-0.05, 0) is 42.3 Å². The summed E-state index contributed by atoms with van der Waals surface area (Å²) < 4.78 is 24.8. The maximum Gasteiger partial charge on any atom is 0.251 e. The highest BCUT2D eigenvalue weighted by molar-refractivity contribution is 6.31. The third kappa shape index (κ3) is 6.86. The molecule has 174 valence electrons. The van der Waals surface area contributed by atoms with Crippen LogP contribution in [0.15, 0.2) is 60.7 Å². The van der Waals surface area contributed by atoms with Gasteiger partial charge in [0, 0.05) is 35.5 Å². The second kappa shape index (κ2) is 11.6. The molecule has 3 aromatic rings. The Hall–Kier alpha value is -3.25. The molecule has 0 aliphatic carbocycles. The number of hydrogen-bond acceptors (Lipinski definition) is 4. The van der Waals surface area contributed by atoms with Gasteiger partial charge in [0.1, 0.15) is 12.4 Å². The van der Waals surface area contributed by atoms with E-state index in [0.717, 1.165) is 11.3 Å². The van der Waals surface area contributed by atoms with E-state index in [4.69, 9.17) is 21.1 Å². The molecule has 0 saturated heterocycles. The number of anilines is 1. The van der Waals surface area contributed by atoms with Crippen molar-refractivity contribution in [3.05, 3.63) is 88.2 Å². The fourth-order valence-electron chi connectivity index (χ4n) is 3.18. The third-order valence-corrected chi connectivity index (χ3v) is 5.30. The number of nitrogens with one attached hydrogen (secondary N) is 2. The molecule has 0 aliphatic rings. The summed E-state index contributed by atoms with van der Waals surface area (Å²) in [5, 5.41) is 6.57. The van der Waals surface area contributed by atoms with E-state index >= 15 is 0 Å². The Morgan fingerprint density at radius 3 is 2.58 bits per heavy atom. The van der Waals surface area contributed by atoms with E-state index in [1.54, 1.807) is 19.2 Å². The molecule has 7 heteroatoms. The first-order valence-corrected chi connectivity index (χ1v) is 11.1. The maximum atomic E-state index is 13.3. The van der Waals surface area contributed by atoms with Crippen molar-refractivity contribution in [1.29, 1.82) is 0 Å². The summed E-state index contributed by atoms with van der Waals surface area (Å²) in [7, 11) is 1.57. The molecule has 0 unspecified atom stereocenters. The van der Waals surface area contributed by atoms with E-state index in [-0.39, 0.29) is 12.5 Å². The van der Waals surface area contributed by atoms with Crippen LogP contribution >= 0.6 is 11.6 Å². The van der Waals surface area contributed by atoms with Crippen LogP contribution < -0.4 is 20.1 Å². The highest BCUT2D eigenvalue weighted by Gasteiger charge is 2.13. The molecule has 3 aromatic carbocycles. The Kier molecular flexibility index (Phi) is 8.55. The van der Waals surface area contributed by atoms with Gasteiger partial charge < -0.3 is 20.1 Å². The molecule has 0 bridgehead atoms. The predicted molar refractivity (Wildman–Crippen MR) is 130 cm³/mol. The number of methoxy groups -OCH3 is 1. The van der Waals surface area contributed by atoms with Crippen molar-refractivity contribution in [2.45, 2.75) is 27.0 Å². The lowest BCUT2D eigenvalue weighted by atomic mass is 10.1. The lowest BCUT2D eigenvalue weighted by Crippen LogP contribution is -2.27.